The van der Waals surface area contributed by atoms with E-state index in [9.17, 15) is 66.8 Å². The summed E-state index contributed by atoms with van der Waals surface area (Å²) in [5.41, 5.74) is -7.80. The zero-order valence-electron chi connectivity index (χ0n) is 35.3. The number of halogens is 7. The molecule has 3 rings (SSSR count). The van der Waals surface area contributed by atoms with Gasteiger partial charge in [-0.3, -0.25) is 40.5 Å². The molecule has 2 atom stereocenters. The summed E-state index contributed by atoms with van der Waals surface area (Å²) in [5.74, 6) is 0. The molecule has 0 bridgehead atoms. The molecule has 0 spiro atoms. The number of aliphatic hydroxyl groups is 2. The van der Waals surface area contributed by atoms with Crippen molar-refractivity contribution in [3.05, 3.63) is 94.0 Å². The number of nitrogens with zero attached hydrogens (tertiary/aromatic N) is 5. The predicted molar refractivity (Wildman–Crippen MR) is 218 cm³/mol. The van der Waals surface area contributed by atoms with Crippen molar-refractivity contribution >= 4 is 40.0 Å². The predicted octanol–water partition coefficient (Wildman–Crippen LogP) is 8.22. The van der Waals surface area contributed by atoms with Crippen molar-refractivity contribution in [1.29, 1.82) is 0 Å². The maximum Gasteiger partial charge on any atom is 0.416 e. The van der Waals surface area contributed by atoms with Crippen molar-refractivity contribution in [2.24, 2.45) is 0 Å². The minimum Gasteiger partial charge on any atom is -0.394 e. The van der Waals surface area contributed by atoms with Gasteiger partial charge in [0.15, 0.2) is 23.3 Å². The average molecular weight is 943 g/mol. The summed E-state index contributed by atoms with van der Waals surface area (Å²) < 4.78 is 97.9. The molecule has 3 N–H and O–H groups in total. The summed E-state index contributed by atoms with van der Waals surface area (Å²) in [5, 5.41) is 61.2. The Morgan fingerprint density at radius 2 is 1.11 bits per heavy atom. The quantitative estimate of drug-likeness (QED) is 0.0418. The van der Waals surface area contributed by atoms with Crippen LogP contribution in [0.5, 0.6) is 0 Å². The fourth-order valence-electron chi connectivity index (χ4n) is 5.34. The number of nitro benzene ring substituents is 4. The molecule has 1 fully saturated rings. The van der Waals surface area contributed by atoms with Crippen LogP contribution >= 0.6 is 11.6 Å². The molecular formula is C36H53ClF6N6O14. The molecule has 1 aliphatic rings. The van der Waals surface area contributed by atoms with Crippen molar-refractivity contribution < 1.29 is 75.2 Å². The van der Waals surface area contributed by atoms with E-state index >= 15 is 0 Å². The van der Waals surface area contributed by atoms with Crippen LogP contribution in [-0.4, -0.2) is 108 Å². The fourth-order valence-corrected chi connectivity index (χ4v) is 5.59. The maximum absolute atomic E-state index is 13.0. The first kappa shape index (κ1) is 60.3. The first-order chi connectivity index (χ1) is 29.4. The molecule has 63 heavy (non-hydrogen) atoms. The van der Waals surface area contributed by atoms with Gasteiger partial charge in [0.05, 0.1) is 69.3 Å². The van der Waals surface area contributed by atoms with Crippen molar-refractivity contribution in [2.45, 2.75) is 90.4 Å². The largest absolute Gasteiger partial charge is 0.416 e. The minimum atomic E-state index is -4.97. The van der Waals surface area contributed by atoms with Gasteiger partial charge < -0.3 is 39.4 Å². The number of hydrogen-bond acceptors (Lipinski definition) is 16. The third kappa shape index (κ3) is 20.0. The molecule has 2 aromatic carbocycles. The highest BCUT2D eigenvalue weighted by Crippen LogP contribution is 2.44. The fraction of sp³-hybridized carbons (Fsp3) is 0.611. The number of anilines is 1. The number of alkyl halides is 6. The highest BCUT2D eigenvalue weighted by atomic mass is 35.5. The van der Waals surface area contributed by atoms with Crippen molar-refractivity contribution in [2.75, 3.05) is 58.6 Å². The molecule has 1 heterocycles. The van der Waals surface area contributed by atoms with E-state index in [1.807, 2.05) is 27.8 Å². The zero-order chi connectivity index (χ0) is 49.2. The van der Waals surface area contributed by atoms with Crippen molar-refractivity contribution in [1.82, 2.24) is 5.32 Å². The van der Waals surface area contributed by atoms with Gasteiger partial charge in [-0.1, -0.05) is 38.3 Å². The lowest BCUT2D eigenvalue weighted by Crippen LogP contribution is -2.42. The van der Waals surface area contributed by atoms with Gasteiger partial charge >= 0.3 is 12.4 Å². The van der Waals surface area contributed by atoms with E-state index in [-0.39, 0.29) is 44.9 Å². The van der Waals surface area contributed by atoms with E-state index in [4.69, 9.17) is 40.8 Å². The summed E-state index contributed by atoms with van der Waals surface area (Å²) in [4.78, 5) is 40.3. The van der Waals surface area contributed by atoms with Crippen LogP contribution in [0.2, 0.25) is 5.02 Å². The smallest absolute Gasteiger partial charge is 0.394 e. The Morgan fingerprint density at radius 3 is 1.38 bits per heavy atom. The Bertz CT molecular complexity index is 1650. The molecule has 27 heteroatoms. The SMILES string of the molecule is C=C.CCCC(C1OCCO1)N(C)c1c([N+](=O)[O-])cc(C(F)(F)F)cc1[N+](=O)[O-].CCCC(NC)C(OCC)OCC.O=[N+]([O-])c1cc(C(F)(F)F)cc([N+](=O)[O-])c1Cl.OCCO. The third-order valence-corrected chi connectivity index (χ3v) is 8.39. The lowest BCUT2D eigenvalue weighted by molar-refractivity contribution is -0.394. The standard InChI is InChI=1S/C15H18F3N3O6.C10H23NO2.C7H2ClF3N2O4.C2H6O2.C2H4/c1-3-4-10(14-26-5-6-27-14)19(2)13-11(20(22)23)7-9(15(16,17)18)8-12(13)21(24)25;1-5-8-9(11-4)10(12-6-2)13-7-3;8-6-4(12(14)15)1-3(7(9,10)11)2-5(6)13(16)17;3-1-2-4;1-2/h7-8,10,14H,3-6H2,1-2H3;9-11H,5-8H2,1-4H3;1-2H;3-4H,1-2H2;1-2H2. The number of likely N-dealkylation sites (N-methyl/N-ethyl adjacent to an activating group) is 2. The molecule has 1 aliphatic heterocycles. The van der Waals surface area contributed by atoms with Crippen LogP contribution in [0.25, 0.3) is 0 Å². The van der Waals surface area contributed by atoms with Gasteiger partial charge in [-0.25, -0.2) is 0 Å². The number of ether oxygens (including phenoxy) is 4. The highest BCUT2D eigenvalue weighted by molar-refractivity contribution is 6.34. The number of benzene rings is 2. The van der Waals surface area contributed by atoms with Crippen LogP contribution < -0.4 is 10.2 Å². The van der Waals surface area contributed by atoms with E-state index < -0.39 is 89.0 Å². The topological polar surface area (TPSA) is 265 Å². The Balaban J connectivity index is 0. The van der Waals surface area contributed by atoms with Crippen molar-refractivity contribution in [3.8, 4) is 0 Å². The molecule has 2 unspecified atom stereocenters. The van der Waals surface area contributed by atoms with Crippen LogP contribution in [0.1, 0.15) is 64.5 Å². The van der Waals surface area contributed by atoms with E-state index in [1.165, 1.54) is 11.9 Å². The monoisotopic (exact) mass is 942 g/mol. The van der Waals surface area contributed by atoms with E-state index in [0.29, 0.717) is 44.2 Å². The summed E-state index contributed by atoms with van der Waals surface area (Å²) >= 11 is 5.27. The summed E-state index contributed by atoms with van der Waals surface area (Å²) in [7, 11) is 3.29. The average Bonchev–Trinajstić information content (AvgIpc) is 3.76. The second kappa shape index (κ2) is 30.3. The minimum absolute atomic E-state index is 0.0973. The van der Waals surface area contributed by atoms with Crippen LogP contribution in [0.4, 0.5) is 54.8 Å². The van der Waals surface area contributed by atoms with Gasteiger partial charge in [0.25, 0.3) is 22.7 Å². The molecular weight excluding hydrogens is 890 g/mol. The first-order valence-electron chi connectivity index (χ1n) is 18.7. The van der Waals surface area contributed by atoms with E-state index in [0.717, 1.165) is 12.8 Å². The summed E-state index contributed by atoms with van der Waals surface area (Å²) in [6, 6.07) is 0.567. The van der Waals surface area contributed by atoms with Gasteiger partial charge in [-0.15, -0.1) is 13.2 Å². The molecule has 2 aromatic rings. The van der Waals surface area contributed by atoms with Crippen LogP contribution in [0, 0.1) is 40.5 Å². The molecule has 0 radical (unpaired) electrons. The van der Waals surface area contributed by atoms with Crippen LogP contribution in [-0.2, 0) is 31.3 Å². The first-order valence-corrected chi connectivity index (χ1v) is 19.1. The Labute approximate surface area is 363 Å². The Morgan fingerprint density at radius 1 is 0.762 bits per heavy atom. The van der Waals surface area contributed by atoms with Gasteiger partial charge in [0.1, 0.15) is 0 Å². The number of hydrogen-bond donors (Lipinski definition) is 3. The normalized spacial score (nSPS) is 13.4. The molecule has 1 saturated heterocycles. The second-order valence-electron chi connectivity index (χ2n) is 12.2. The lowest BCUT2D eigenvalue weighted by Gasteiger charge is -2.32. The molecule has 0 saturated carbocycles. The Hall–Kier alpha value is -4.83. The van der Waals surface area contributed by atoms with Gasteiger partial charge in [-0.05, 0) is 33.7 Å². The van der Waals surface area contributed by atoms with Crippen LogP contribution in [0.15, 0.2) is 37.4 Å². The molecule has 0 aromatic heterocycles. The number of nitro groups is 4. The number of aliphatic hydroxyl groups excluding tert-OH is 2. The lowest BCUT2D eigenvalue weighted by atomic mass is 10.1. The zero-order valence-corrected chi connectivity index (χ0v) is 36.0. The molecule has 360 valence electrons. The Kier molecular flexibility index (Phi) is 29.0. The molecule has 20 nitrogen and oxygen atoms in total. The highest BCUT2D eigenvalue weighted by Gasteiger charge is 2.42. The van der Waals surface area contributed by atoms with E-state index in [1.54, 1.807) is 0 Å². The van der Waals surface area contributed by atoms with E-state index in [2.05, 4.69) is 25.4 Å². The van der Waals surface area contributed by atoms with Gasteiger partial charge in [0.2, 0.25) is 0 Å². The second-order valence-corrected chi connectivity index (χ2v) is 12.6. The van der Waals surface area contributed by atoms with Crippen molar-refractivity contribution in [3.63, 3.8) is 0 Å². The van der Waals surface area contributed by atoms with Crippen LogP contribution in [0.3, 0.4) is 0 Å². The van der Waals surface area contributed by atoms with Gasteiger partial charge in [-0.2, -0.15) is 26.3 Å². The molecule has 0 aliphatic carbocycles. The number of nitrogens with one attached hydrogen (secondary N) is 1. The number of rotatable bonds is 18. The maximum atomic E-state index is 13.0. The third-order valence-electron chi connectivity index (χ3n) is 8.00. The van der Waals surface area contributed by atoms with Gasteiger partial charge in [0, 0.05) is 44.5 Å². The summed E-state index contributed by atoms with van der Waals surface area (Å²) in [6.07, 6.45) is -7.57. The summed E-state index contributed by atoms with van der Waals surface area (Å²) in [6.45, 7) is 15.7. The molecule has 0 amide bonds.